The molecule has 0 saturated heterocycles. The molecule has 0 unspecified atom stereocenters. The third kappa shape index (κ3) is 4.14. The van der Waals surface area contributed by atoms with Crippen LogP contribution in [0.5, 0.6) is 0 Å². The highest BCUT2D eigenvalue weighted by Gasteiger charge is 2.18. The maximum atomic E-state index is 9.02. The number of rotatable bonds is 4. The molecule has 0 aliphatic rings. The molecule has 94 valence electrons. The van der Waals surface area contributed by atoms with Gasteiger partial charge in [0.05, 0.1) is 13.2 Å². The molecule has 1 aromatic carbocycles. The van der Waals surface area contributed by atoms with Crippen molar-refractivity contribution in [1.82, 2.24) is 0 Å². The van der Waals surface area contributed by atoms with E-state index in [4.69, 9.17) is 25.3 Å². The van der Waals surface area contributed by atoms with Gasteiger partial charge in [-0.2, -0.15) is 0 Å². The first-order chi connectivity index (χ1) is 8.13. The van der Waals surface area contributed by atoms with Gasteiger partial charge in [0.25, 0.3) is 0 Å². The molecule has 1 aromatic rings. The van der Waals surface area contributed by atoms with Crippen molar-refractivity contribution in [3.05, 3.63) is 23.3 Å². The van der Waals surface area contributed by atoms with Crippen LogP contribution in [0, 0.1) is 0 Å². The van der Waals surface area contributed by atoms with E-state index in [0.717, 1.165) is 0 Å². The Labute approximate surface area is 102 Å². The van der Waals surface area contributed by atoms with Crippen LogP contribution in [0.15, 0.2) is 12.1 Å². The van der Waals surface area contributed by atoms with Crippen molar-refractivity contribution in [1.29, 1.82) is 0 Å². The Bertz CT molecular complexity index is 344. The predicted octanol–water partition coefficient (Wildman–Crippen LogP) is -2.65. The first kappa shape index (κ1) is 16.1. The molecule has 0 heterocycles. The summed E-state index contributed by atoms with van der Waals surface area (Å²) in [6.45, 7) is 3.37. The van der Waals surface area contributed by atoms with Gasteiger partial charge in [-0.25, -0.2) is 0 Å². The summed E-state index contributed by atoms with van der Waals surface area (Å²) in [7, 11) is -2.01. The molecule has 0 aromatic heterocycles. The van der Waals surface area contributed by atoms with Crippen LogP contribution in [0.1, 0.15) is 25.0 Å². The van der Waals surface area contributed by atoms with Crippen LogP contribution in [0.25, 0.3) is 0 Å². The van der Waals surface area contributed by atoms with Gasteiger partial charge in [-0.05, 0) is 22.1 Å². The molecular weight excluding hydrogens is 222 g/mol. The molecule has 0 bridgehead atoms. The van der Waals surface area contributed by atoms with Gasteiger partial charge >= 0.3 is 14.6 Å². The van der Waals surface area contributed by atoms with E-state index < -0.39 is 7.12 Å². The molecule has 7 heteroatoms. The third-order valence-electron chi connectivity index (χ3n) is 2.25. The van der Waals surface area contributed by atoms with Gasteiger partial charge in [0.2, 0.25) is 0 Å². The SMILES string of the molecule is CC.OBc1cc(B(O)O)c(CO)cc1CO. The topological polar surface area (TPSA) is 101 Å². The number of hydrogen-bond acceptors (Lipinski definition) is 5. The van der Waals surface area contributed by atoms with Crippen molar-refractivity contribution in [3.8, 4) is 0 Å². The highest BCUT2D eigenvalue weighted by molar-refractivity contribution is 6.60. The maximum Gasteiger partial charge on any atom is 0.488 e. The summed E-state index contributed by atoms with van der Waals surface area (Å²) in [5.41, 5.74) is 1.34. The van der Waals surface area contributed by atoms with E-state index in [1.54, 1.807) is 0 Å². The summed E-state index contributed by atoms with van der Waals surface area (Å²) < 4.78 is 0. The molecular formula is C10H18B2O5. The van der Waals surface area contributed by atoms with Gasteiger partial charge in [-0.1, -0.05) is 26.0 Å². The van der Waals surface area contributed by atoms with Gasteiger partial charge in [0.15, 0.2) is 0 Å². The largest absolute Gasteiger partial charge is 0.488 e. The average Bonchev–Trinajstić information content (AvgIpc) is 2.39. The minimum Gasteiger partial charge on any atom is -0.449 e. The molecule has 0 saturated carbocycles. The molecule has 5 nitrogen and oxygen atoms in total. The highest BCUT2D eigenvalue weighted by Crippen LogP contribution is 2.02. The lowest BCUT2D eigenvalue weighted by Crippen LogP contribution is -2.38. The fourth-order valence-electron chi connectivity index (χ4n) is 1.43. The van der Waals surface area contributed by atoms with Crippen molar-refractivity contribution >= 4 is 25.5 Å². The van der Waals surface area contributed by atoms with Crippen LogP contribution in [0.3, 0.4) is 0 Å². The van der Waals surface area contributed by atoms with Crippen LogP contribution in [-0.4, -0.2) is 39.9 Å². The Kier molecular flexibility index (Phi) is 7.86. The lowest BCUT2D eigenvalue weighted by molar-refractivity contribution is 0.276. The Hall–Kier alpha value is -0.850. The zero-order valence-electron chi connectivity index (χ0n) is 10.1. The Balaban J connectivity index is 0.00000121. The quantitative estimate of drug-likeness (QED) is 0.370. The van der Waals surface area contributed by atoms with Crippen molar-refractivity contribution in [2.45, 2.75) is 27.1 Å². The van der Waals surface area contributed by atoms with Crippen LogP contribution in [0.4, 0.5) is 0 Å². The Morgan fingerprint density at radius 3 is 1.94 bits per heavy atom. The molecule has 0 amide bonds. The van der Waals surface area contributed by atoms with Gasteiger partial charge in [-0.15, -0.1) is 0 Å². The number of hydrogen-bond donors (Lipinski definition) is 5. The fraction of sp³-hybridized carbons (Fsp3) is 0.400. The lowest BCUT2D eigenvalue weighted by Gasteiger charge is -2.12. The minimum atomic E-state index is -1.70. The van der Waals surface area contributed by atoms with E-state index in [2.05, 4.69) is 0 Å². The second kappa shape index (κ2) is 8.27. The zero-order valence-corrected chi connectivity index (χ0v) is 10.1. The number of aliphatic hydroxyl groups is 2. The molecule has 0 atom stereocenters. The summed E-state index contributed by atoms with van der Waals surface area (Å²) in [5.74, 6) is 0. The van der Waals surface area contributed by atoms with E-state index in [1.165, 1.54) is 12.1 Å². The van der Waals surface area contributed by atoms with E-state index in [1.807, 2.05) is 13.8 Å². The highest BCUT2D eigenvalue weighted by atomic mass is 16.4. The fourth-order valence-corrected chi connectivity index (χ4v) is 1.43. The summed E-state index contributed by atoms with van der Waals surface area (Å²) in [6.07, 6.45) is 0. The smallest absolute Gasteiger partial charge is 0.449 e. The number of aliphatic hydroxyl groups excluding tert-OH is 2. The molecule has 0 aliphatic carbocycles. The van der Waals surface area contributed by atoms with Crippen LogP contribution in [0.2, 0.25) is 0 Å². The Morgan fingerprint density at radius 2 is 1.59 bits per heavy atom. The van der Waals surface area contributed by atoms with E-state index in [-0.39, 0.29) is 26.2 Å². The van der Waals surface area contributed by atoms with Crippen molar-refractivity contribution in [3.63, 3.8) is 0 Å². The Morgan fingerprint density at radius 1 is 1.06 bits per heavy atom. The van der Waals surface area contributed by atoms with Crippen LogP contribution in [-0.2, 0) is 13.2 Å². The monoisotopic (exact) mass is 240 g/mol. The second-order valence-electron chi connectivity index (χ2n) is 3.17. The second-order valence-corrected chi connectivity index (χ2v) is 3.17. The summed E-state index contributed by atoms with van der Waals surface area (Å²) in [5, 5.41) is 45.0. The molecule has 0 radical (unpaired) electrons. The van der Waals surface area contributed by atoms with Crippen molar-refractivity contribution in [2.75, 3.05) is 0 Å². The van der Waals surface area contributed by atoms with Gasteiger partial charge < -0.3 is 25.3 Å². The van der Waals surface area contributed by atoms with Gasteiger partial charge in [0.1, 0.15) is 0 Å². The van der Waals surface area contributed by atoms with Crippen LogP contribution >= 0.6 is 0 Å². The first-order valence-corrected chi connectivity index (χ1v) is 5.47. The molecule has 0 fully saturated rings. The van der Waals surface area contributed by atoms with Gasteiger partial charge in [0, 0.05) is 0 Å². The van der Waals surface area contributed by atoms with E-state index >= 15 is 0 Å². The van der Waals surface area contributed by atoms with Crippen molar-refractivity contribution < 1.29 is 25.3 Å². The summed E-state index contributed by atoms with van der Waals surface area (Å²) in [4.78, 5) is 0. The molecule has 5 N–H and O–H groups in total. The third-order valence-corrected chi connectivity index (χ3v) is 2.25. The molecule has 0 aliphatic heterocycles. The summed E-state index contributed by atoms with van der Waals surface area (Å²) >= 11 is 0. The van der Waals surface area contributed by atoms with Crippen molar-refractivity contribution in [2.24, 2.45) is 0 Å². The maximum absolute atomic E-state index is 9.02. The summed E-state index contributed by atoms with van der Waals surface area (Å²) in [6, 6.07) is 2.81. The van der Waals surface area contributed by atoms with E-state index in [9.17, 15) is 0 Å². The number of benzene rings is 1. The van der Waals surface area contributed by atoms with Crippen LogP contribution < -0.4 is 10.9 Å². The molecule has 17 heavy (non-hydrogen) atoms. The minimum absolute atomic E-state index is 0.138. The molecule has 0 spiro atoms. The lowest BCUT2D eigenvalue weighted by atomic mass is 9.71. The normalized spacial score (nSPS) is 9.35. The predicted molar refractivity (Wildman–Crippen MR) is 68.5 cm³/mol. The zero-order chi connectivity index (χ0) is 13.4. The standard InChI is InChI=1S/C8H12B2O5.C2H6/c11-3-5-1-6(4-12)8(10(14)15)2-7(5)9-13;1-2/h1-2,9,11-15H,3-4H2;1-2H3. The first-order valence-electron chi connectivity index (χ1n) is 5.47. The van der Waals surface area contributed by atoms with E-state index in [0.29, 0.717) is 16.6 Å². The molecule has 1 rings (SSSR count). The average molecular weight is 240 g/mol. The van der Waals surface area contributed by atoms with Gasteiger partial charge in [-0.3, -0.25) is 0 Å².